The monoisotopic (exact) mass is 571 g/mol. The Morgan fingerprint density at radius 1 is 0.944 bits per heavy atom. The van der Waals surface area contributed by atoms with Crippen molar-refractivity contribution in [2.24, 2.45) is 0 Å². The van der Waals surface area contributed by atoms with Gasteiger partial charge in [-0.05, 0) is 68.3 Å². The number of amides is 2. The number of halogens is 1. The molecule has 0 aliphatic heterocycles. The van der Waals surface area contributed by atoms with E-state index in [9.17, 15) is 18.0 Å². The highest BCUT2D eigenvalue weighted by Crippen LogP contribution is 2.26. The first-order chi connectivity index (χ1) is 17.0. The first-order valence-corrected chi connectivity index (χ1v) is 13.7. The maximum atomic E-state index is 13.7. The zero-order valence-electron chi connectivity index (χ0n) is 20.7. The lowest BCUT2D eigenvalue weighted by Crippen LogP contribution is -2.50. The highest BCUT2D eigenvalue weighted by Gasteiger charge is 2.32. The molecule has 0 saturated heterocycles. The molecule has 0 saturated carbocycles. The molecule has 3 aromatic rings. The van der Waals surface area contributed by atoms with E-state index in [1.807, 2.05) is 44.2 Å². The number of benzene rings is 3. The van der Waals surface area contributed by atoms with Gasteiger partial charge in [0, 0.05) is 18.1 Å². The van der Waals surface area contributed by atoms with Gasteiger partial charge < -0.3 is 10.2 Å². The van der Waals surface area contributed by atoms with Gasteiger partial charge in [-0.2, -0.15) is 0 Å². The molecular weight excluding hydrogens is 542 g/mol. The molecule has 0 aromatic heterocycles. The summed E-state index contributed by atoms with van der Waals surface area (Å²) in [5, 5.41) is 2.58. The van der Waals surface area contributed by atoms with Crippen molar-refractivity contribution in [3.05, 3.63) is 94.0 Å². The van der Waals surface area contributed by atoms with E-state index in [2.05, 4.69) is 21.2 Å². The van der Waals surface area contributed by atoms with Crippen LogP contribution in [0.4, 0.5) is 5.69 Å². The lowest BCUT2D eigenvalue weighted by Gasteiger charge is -2.32. The molecular formula is C27H30BrN3O4S. The SMILES string of the molecule is CNC(=O)C(C)N(Cc1ccc(Br)cc1)C(=O)CN(c1cccc(C)c1)S(=O)(=O)c1ccc(C)cc1. The molecule has 190 valence electrons. The summed E-state index contributed by atoms with van der Waals surface area (Å²) in [5.74, 6) is -0.838. The predicted molar refractivity (Wildman–Crippen MR) is 145 cm³/mol. The molecule has 0 spiro atoms. The van der Waals surface area contributed by atoms with E-state index >= 15 is 0 Å². The molecule has 3 rings (SSSR count). The Balaban J connectivity index is 2.02. The van der Waals surface area contributed by atoms with Crippen molar-refractivity contribution in [1.29, 1.82) is 0 Å². The van der Waals surface area contributed by atoms with Gasteiger partial charge in [0.1, 0.15) is 12.6 Å². The maximum Gasteiger partial charge on any atom is 0.264 e. The van der Waals surface area contributed by atoms with Gasteiger partial charge in [-0.25, -0.2) is 8.42 Å². The normalized spacial score (nSPS) is 12.0. The summed E-state index contributed by atoms with van der Waals surface area (Å²) in [5.41, 5.74) is 2.97. The Hall–Kier alpha value is -3.17. The van der Waals surface area contributed by atoms with Crippen molar-refractivity contribution >= 4 is 43.5 Å². The van der Waals surface area contributed by atoms with Crippen LogP contribution in [0.1, 0.15) is 23.6 Å². The minimum Gasteiger partial charge on any atom is -0.357 e. The van der Waals surface area contributed by atoms with Gasteiger partial charge in [0.25, 0.3) is 10.0 Å². The van der Waals surface area contributed by atoms with Gasteiger partial charge in [-0.3, -0.25) is 13.9 Å². The van der Waals surface area contributed by atoms with Crippen LogP contribution < -0.4 is 9.62 Å². The average Bonchev–Trinajstić information content (AvgIpc) is 2.86. The summed E-state index contributed by atoms with van der Waals surface area (Å²) in [6.07, 6.45) is 0. The maximum absolute atomic E-state index is 13.7. The second-order valence-electron chi connectivity index (χ2n) is 8.60. The molecule has 0 aliphatic carbocycles. The molecule has 7 nitrogen and oxygen atoms in total. The fourth-order valence-electron chi connectivity index (χ4n) is 3.73. The molecule has 9 heteroatoms. The zero-order chi connectivity index (χ0) is 26.5. The van der Waals surface area contributed by atoms with Crippen LogP contribution in [0.2, 0.25) is 0 Å². The summed E-state index contributed by atoms with van der Waals surface area (Å²) in [6, 6.07) is 20.1. The number of sulfonamides is 1. The lowest BCUT2D eigenvalue weighted by atomic mass is 10.1. The first kappa shape index (κ1) is 27.4. The second kappa shape index (κ2) is 11.7. The highest BCUT2D eigenvalue weighted by molar-refractivity contribution is 9.10. The van der Waals surface area contributed by atoms with E-state index in [0.29, 0.717) is 5.69 Å². The first-order valence-electron chi connectivity index (χ1n) is 11.4. The third-order valence-electron chi connectivity index (χ3n) is 5.86. The fourth-order valence-corrected chi connectivity index (χ4v) is 5.40. The number of likely N-dealkylation sites (N-methyl/N-ethyl adjacent to an activating group) is 1. The number of hydrogen-bond acceptors (Lipinski definition) is 4. The molecule has 0 heterocycles. The molecule has 0 fully saturated rings. The lowest BCUT2D eigenvalue weighted by molar-refractivity contribution is -0.139. The Labute approximate surface area is 221 Å². The van der Waals surface area contributed by atoms with E-state index in [-0.39, 0.29) is 17.3 Å². The van der Waals surface area contributed by atoms with Gasteiger partial charge in [-0.15, -0.1) is 0 Å². The topological polar surface area (TPSA) is 86.8 Å². The smallest absolute Gasteiger partial charge is 0.264 e. The average molecular weight is 573 g/mol. The summed E-state index contributed by atoms with van der Waals surface area (Å²) in [7, 11) is -2.57. The standard InChI is InChI=1S/C27H30BrN3O4S/c1-19-8-14-25(15-9-19)36(34,35)31(24-7-5-6-20(2)16-24)18-26(32)30(21(3)27(33)29-4)17-22-10-12-23(28)13-11-22/h5-16,21H,17-18H2,1-4H3,(H,29,33). The number of carbonyl (C=O) groups is 2. The van der Waals surface area contributed by atoms with Gasteiger partial charge in [0.2, 0.25) is 11.8 Å². The van der Waals surface area contributed by atoms with E-state index < -0.39 is 28.5 Å². The number of hydrogen-bond donors (Lipinski definition) is 1. The van der Waals surface area contributed by atoms with Crippen LogP contribution in [0, 0.1) is 13.8 Å². The molecule has 1 N–H and O–H groups in total. The summed E-state index contributed by atoms with van der Waals surface area (Å²) in [4.78, 5) is 27.7. The van der Waals surface area contributed by atoms with Gasteiger partial charge in [0.05, 0.1) is 10.6 Å². The van der Waals surface area contributed by atoms with Gasteiger partial charge in [0.15, 0.2) is 0 Å². The molecule has 0 bridgehead atoms. The van der Waals surface area contributed by atoms with Crippen LogP contribution in [-0.2, 0) is 26.2 Å². The quantitative estimate of drug-likeness (QED) is 0.411. The number of anilines is 1. The molecule has 1 unspecified atom stereocenters. The number of carbonyl (C=O) groups excluding carboxylic acids is 2. The Kier molecular flexibility index (Phi) is 8.92. The van der Waals surface area contributed by atoms with Crippen LogP contribution in [0.3, 0.4) is 0 Å². The van der Waals surface area contributed by atoms with Crippen LogP contribution in [0.25, 0.3) is 0 Å². The van der Waals surface area contributed by atoms with Crippen LogP contribution in [0.15, 0.2) is 82.2 Å². The predicted octanol–water partition coefficient (Wildman–Crippen LogP) is 4.42. The zero-order valence-corrected chi connectivity index (χ0v) is 23.1. The summed E-state index contributed by atoms with van der Waals surface area (Å²) >= 11 is 3.40. The van der Waals surface area contributed by atoms with E-state index in [1.165, 1.54) is 24.1 Å². The third-order valence-corrected chi connectivity index (χ3v) is 8.17. The van der Waals surface area contributed by atoms with Gasteiger partial charge >= 0.3 is 0 Å². The summed E-state index contributed by atoms with van der Waals surface area (Å²) in [6.45, 7) is 5.04. The summed E-state index contributed by atoms with van der Waals surface area (Å²) < 4.78 is 29.5. The van der Waals surface area contributed by atoms with Crippen molar-refractivity contribution < 1.29 is 18.0 Å². The molecule has 0 radical (unpaired) electrons. The van der Waals surface area contributed by atoms with Crippen LogP contribution in [-0.4, -0.2) is 44.8 Å². The molecule has 36 heavy (non-hydrogen) atoms. The second-order valence-corrected chi connectivity index (χ2v) is 11.4. The fraction of sp³-hybridized carbons (Fsp3) is 0.259. The minimum absolute atomic E-state index is 0.0845. The molecule has 0 aliphatic rings. The van der Waals surface area contributed by atoms with E-state index in [0.717, 1.165) is 25.5 Å². The Morgan fingerprint density at radius 3 is 2.17 bits per heavy atom. The van der Waals surface area contributed by atoms with E-state index in [4.69, 9.17) is 0 Å². The third kappa shape index (κ3) is 6.53. The molecule has 3 aromatic carbocycles. The molecule has 2 amide bonds. The highest BCUT2D eigenvalue weighted by atomic mass is 79.9. The van der Waals surface area contributed by atoms with Crippen molar-refractivity contribution in [3.63, 3.8) is 0 Å². The van der Waals surface area contributed by atoms with Crippen molar-refractivity contribution in [2.45, 2.75) is 38.3 Å². The Morgan fingerprint density at radius 2 is 1.58 bits per heavy atom. The number of aryl methyl sites for hydroxylation is 2. The van der Waals surface area contributed by atoms with Crippen molar-refractivity contribution in [2.75, 3.05) is 17.9 Å². The van der Waals surface area contributed by atoms with Crippen LogP contribution >= 0.6 is 15.9 Å². The number of rotatable bonds is 9. The van der Waals surface area contributed by atoms with Crippen molar-refractivity contribution in [3.8, 4) is 0 Å². The number of nitrogens with one attached hydrogen (secondary N) is 1. The Bertz CT molecular complexity index is 1330. The number of nitrogens with zero attached hydrogens (tertiary/aromatic N) is 2. The van der Waals surface area contributed by atoms with Gasteiger partial charge in [-0.1, -0.05) is 57.9 Å². The largest absolute Gasteiger partial charge is 0.357 e. The van der Waals surface area contributed by atoms with E-state index in [1.54, 1.807) is 37.3 Å². The molecule has 1 atom stereocenters. The van der Waals surface area contributed by atoms with Crippen molar-refractivity contribution in [1.82, 2.24) is 10.2 Å². The van der Waals surface area contributed by atoms with Crippen LogP contribution in [0.5, 0.6) is 0 Å². The minimum atomic E-state index is -4.07.